The van der Waals surface area contributed by atoms with Crippen molar-refractivity contribution in [3.63, 3.8) is 0 Å². The molecule has 0 saturated carbocycles. The number of benzene rings is 6. The number of aryl methyl sites for hydroxylation is 1. The number of para-hydroxylation sites is 2. The Morgan fingerprint density at radius 1 is 0.382 bits per heavy atom. The lowest BCUT2D eigenvalue weighted by molar-refractivity contribution is 0.567. The van der Waals surface area contributed by atoms with Crippen LogP contribution in [0, 0.1) is 6.92 Å². The average Bonchev–Trinajstić information content (AvgIpc) is 3.63. The Bertz CT molecular complexity index is 2670. The van der Waals surface area contributed by atoms with Crippen LogP contribution in [0.25, 0.3) is 66.1 Å². The summed E-state index contributed by atoms with van der Waals surface area (Å²) in [6, 6.07) is 44.1. The monoisotopic (exact) mass is 722 g/mol. The molecule has 0 spiro atoms. The Morgan fingerprint density at radius 2 is 0.818 bits per heavy atom. The van der Waals surface area contributed by atoms with Gasteiger partial charge in [0.2, 0.25) is 0 Å². The second-order valence-electron chi connectivity index (χ2n) is 20.1. The first-order valence-corrected chi connectivity index (χ1v) is 20.1. The van der Waals surface area contributed by atoms with Crippen molar-refractivity contribution in [2.45, 2.75) is 112 Å². The van der Waals surface area contributed by atoms with Gasteiger partial charge in [-0.15, -0.1) is 0 Å². The fourth-order valence-corrected chi connectivity index (χ4v) is 8.51. The van der Waals surface area contributed by atoms with Crippen LogP contribution < -0.4 is 0 Å². The average molecular weight is 723 g/mol. The molecule has 0 unspecified atom stereocenters. The van der Waals surface area contributed by atoms with Crippen molar-refractivity contribution in [3.05, 3.63) is 143 Å². The van der Waals surface area contributed by atoms with Crippen molar-refractivity contribution < 1.29 is 0 Å². The van der Waals surface area contributed by atoms with E-state index in [2.05, 4.69) is 214 Å². The summed E-state index contributed by atoms with van der Waals surface area (Å²) in [5.41, 5.74) is 16.7. The molecular weight excluding hydrogens is 665 g/mol. The van der Waals surface area contributed by atoms with Crippen LogP contribution in [0.15, 0.2) is 115 Å². The normalized spacial score (nSPS) is 13.2. The summed E-state index contributed by atoms with van der Waals surface area (Å²) in [6.07, 6.45) is 0. The van der Waals surface area contributed by atoms with Crippen LogP contribution in [0.1, 0.15) is 111 Å². The van der Waals surface area contributed by atoms with Crippen LogP contribution in [0.4, 0.5) is 0 Å². The molecule has 2 nitrogen and oxygen atoms in total. The van der Waals surface area contributed by atoms with E-state index in [1.54, 1.807) is 0 Å². The van der Waals surface area contributed by atoms with Gasteiger partial charge in [0.25, 0.3) is 0 Å². The second-order valence-corrected chi connectivity index (χ2v) is 20.1. The first-order valence-electron chi connectivity index (χ1n) is 20.1. The van der Waals surface area contributed by atoms with Crippen LogP contribution in [0.5, 0.6) is 0 Å². The van der Waals surface area contributed by atoms with Crippen molar-refractivity contribution in [1.29, 1.82) is 0 Å². The summed E-state index contributed by atoms with van der Waals surface area (Å²) < 4.78 is 5.04. The summed E-state index contributed by atoms with van der Waals surface area (Å²) in [6.45, 7) is 30.4. The van der Waals surface area contributed by atoms with Gasteiger partial charge in [-0.05, 0) is 110 Å². The highest BCUT2D eigenvalue weighted by atomic mass is 15.0. The largest absolute Gasteiger partial charge is 0.309 e. The minimum atomic E-state index is -0.00367. The fourth-order valence-electron chi connectivity index (χ4n) is 8.51. The number of rotatable bonds is 3. The van der Waals surface area contributed by atoms with Crippen molar-refractivity contribution in [2.24, 2.45) is 0 Å². The third-order valence-corrected chi connectivity index (χ3v) is 11.9. The van der Waals surface area contributed by atoms with E-state index in [1.807, 2.05) is 0 Å². The lowest BCUT2D eigenvalue weighted by atomic mass is 9.78. The Labute approximate surface area is 328 Å². The molecule has 0 amide bonds. The molecule has 0 aliphatic heterocycles. The van der Waals surface area contributed by atoms with E-state index in [4.69, 9.17) is 0 Å². The second kappa shape index (κ2) is 12.5. The van der Waals surface area contributed by atoms with E-state index < -0.39 is 0 Å². The quantitative estimate of drug-likeness (QED) is 0.172. The molecule has 280 valence electrons. The van der Waals surface area contributed by atoms with E-state index in [9.17, 15) is 0 Å². The molecule has 0 radical (unpaired) electrons. The molecule has 2 heteroatoms. The Hall–Kier alpha value is -5.08. The lowest BCUT2D eigenvalue weighted by Gasteiger charge is -2.27. The van der Waals surface area contributed by atoms with Crippen LogP contribution in [0.2, 0.25) is 0 Å². The zero-order valence-corrected chi connectivity index (χ0v) is 35.4. The highest BCUT2D eigenvalue weighted by Crippen LogP contribution is 2.45. The molecule has 0 aliphatic rings. The summed E-state index contributed by atoms with van der Waals surface area (Å²) >= 11 is 0. The Morgan fingerprint density at radius 3 is 1.31 bits per heavy atom. The maximum Gasteiger partial charge on any atom is 0.0547 e. The minimum absolute atomic E-state index is 0.00367. The third kappa shape index (κ3) is 6.19. The molecule has 0 saturated heterocycles. The van der Waals surface area contributed by atoms with E-state index in [0.29, 0.717) is 0 Å². The van der Waals surface area contributed by atoms with E-state index in [-0.39, 0.29) is 21.7 Å². The molecule has 0 N–H and O–H groups in total. The fraction of sp³-hybridized carbons (Fsp3) is 0.321. The lowest BCUT2D eigenvalue weighted by Crippen LogP contribution is -2.17. The van der Waals surface area contributed by atoms with Crippen LogP contribution in [0.3, 0.4) is 0 Å². The van der Waals surface area contributed by atoms with Gasteiger partial charge in [0.15, 0.2) is 0 Å². The number of hydrogen-bond acceptors (Lipinski definition) is 0. The van der Waals surface area contributed by atoms with Gasteiger partial charge in [0.05, 0.1) is 22.1 Å². The minimum Gasteiger partial charge on any atom is -0.309 e. The number of hydrogen-bond donors (Lipinski definition) is 0. The van der Waals surface area contributed by atoms with Crippen LogP contribution in [-0.4, -0.2) is 9.13 Å². The van der Waals surface area contributed by atoms with Crippen molar-refractivity contribution in [1.82, 2.24) is 9.13 Å². The van der Waals surface area contributed by atoms with Crippen molar-refractivity contribution in [3.8, 4) is 22.5 Å². The highest BCUT2D eigenvalue weighted by molar-refractivity contribution is 6.18. The number of nitrogens with zero attached hydrogens (tertiary/aromatic N) is 2. The molecule has 0 atom stereocenters. The predicted molar refractivity (Wildman–Crippen MR) is 240 cm³/mol. The van der Waals surface area contributed by atoms with E-state index >= 15 is 0 Å². The number of fused-ring (bicyclic) bond motifs is 6. The molecular formula is C53H58N2. The van der Waals surface area contributed by atoms with Gasteiger partial charge in [-0.25, -0.2) is 0 Å². The van der Waals surface area contributed by atoms with Gasteiger partial charge in [-0.1, -0.05) is 156 Å². The van der Waals surface area contributed by atoms with Crippen LogP contribution in [-0.2, 0) is 21.7 Å². The predicted octanol–water partition coefficient (Wildman–Crippen LogP) is 15.0. The van der Waals surface area contributed by atoms with Crippen molar-refractivity contribution in [2.75, 3.05) is 0 Å². The van der Waals surface area contributed by atoms with Gasteiger partial charge in [0, 0.05) is 32.9 Å². The zero-order valence-electron chi connectivity index (χ0n) is 35.4. The Kier molecular flexibility index (Phi) is 8.36. The van der Waals surface area contributed by atoms with Gasteiger partial charge in [-0.2, -0.15) is 0 Å². The molecule has 2 aromatic heterocycles. The summed E-state index contributed by atoms with van der Waals surface area (Å²) in [5.74, 6) is 0. The molecule has 6 aromatic carbocycles. The molecule has 55 heavy (non-hydrogen) atoms. The summed E-state index contributed by atoms with van der Waals surface area (Å²) in [4.78, 5) is 0. The first kappa shape index (κ1) is 36.9. The maximum atomic E-state index is 2.56. The van der Waals surface area contributed by atoms with Gasteiger partial charge < -0.3 is 9.13 Å². The summed E-state index contributed by atoms with van der Waals surface area (Å²) in [7, 11) is 0. The molecule has 0 fully saturated rings. The van der Waals surface area contributed by atoms with E-state index in [0.717, 1.165) is 0 Å². The maximum absolute atomic E-state index is 2.56. The topological polar surface area (TPSA) is 9.86 Å². The smallest absolute Gasteiger partial charge is 0.0547 e. The number of aromatic nitrogens is 2. The third-order valence-electron chi connectivity index (χ3n) is 11.9. The summed E-state index contributed by atoms with van der Waals surface area (Å²) in [5, 5.41) is 5.18. The Balaban J connectivity index is 1.55. The molecule has 0 bridgehead atoms. The van der Waals surface area contributed by atoms with Crippen molar-refractivity contribution >= 4 is 43.6 Å². The molecule has 0 aliphatic carbocycles. The van der Waals surface area contributed by atoms with E-state index in [1.165, 1.54) is 93.9 Å². The van der Waals surface area contributed by atoms with Gasteiger partial charge in [-0.3, -0.25) is 0 Å². The highest BCUT2D eigenvalue weighted by Gasteiger charge is 2.27. The first-order chi connectivity index (χ1) is 25.7. The zero-order chi connectivity index (χ0) is 39.4. The van der Waals surface area contributed by atoms with Gasteiger partial charge in [0.1, 0.15) is 0 Å². The molecule has 8 aromatic rings. The standard InChI is InChI=1S/C53H58N2/c1-33-43(55-44-22-16-14-19-41(44)42-20-15-17-23-45(42)55)25-26-47-48(33)49-40(34-27-35(50(2,3)4)29-36(28-34)51(5,6)7)21-18-24-46(49)54(47)39-31-37(52(8,9)10)30-38(32-39)53(11,12)13/h14-32H,1-13H3. The van der Waals surface area contributed by atoms with Gasteiger partial charge >= 0.3 is 0 Å². The van der Waals surface area contributed by atoms with Crippen LogP contribution >= 0.6 is 0 Å². The SMILES string of the molecule is Cc1c(-n2c3ccccc3c3ccccc32)ccc2c1c1c(-c3cc(C(C)(C)C)cc(C(C)(C)C)c3)cccc1n2-c1cc(C(C)(C)C)cc(C(C)(C)C)c1. The molecule has 2 heterocycles. The molecule has 8 rings (SSSR count).